The molecule has 0 amide bonds. The molecule has 1 aliphatic rings. The molecule has 1 N–H and O–H groups in total. The fraction of sp³-hybridized carbons (Fsp3) is 0.714. The van der Waals surface area contributed by atoms with E-state index in [1.165, 1.54) is 11.3 Å². The lowest BCUT2D eigenvalue weighted by Crippen LogP contribution is -2.38. The van der Waals surface area contributed by atoms with Crippen LogP contribution in [0.1, 0.15) is 32.8 Å². The summed E-state index contributed by atoms with van der Waals surface area (Å²) in [5.74, 6) is 3.33. The lowest BCUT2D eigenvalue weighted by molar-refractivity contribution is 0.760. The third-order valence-electron chi connectivity index (χ3n) is 3.36. The van der Waals surface area contributed by atoms with E-state index in [0.29, 0.717) is 5.25 Å². The van der Waals surface area contributed by atoms with E-state index in [-0.39, 0.29) is 0 Å². The molecular formula is C14H24N4S. The standard InChI is InChI=1S/C14H24N4S/c1-4-6-15-13-12(5-2)14(17-10-16-13)18-7-8-19-11(3)9-18/h10-11H,4-9H2,1-3H3,(H,15,16,17). The first-order valence-electron chi connectivity index (χ1n) is 7.20. The summed E-state index contributed by atoms with van der Waals surface area (Å²) in [6, 6.07) is 0. The molecule has 0 radical (unpaired) electrons. The van der Waals surface area contributed by atoms with Crippen molar-refractivity contribution in [2.24, 2.45) is 0 Å². The van der Waals surface area contributed by atoms with Crippen LogP contribution < -0.4 is 10.2 Å². The van der Waals surface area contributed by atoms with Gasteiger partial charge in [-0.15, -0.1) is 0 Å². The van der Waals surface area contributed by atoms with E-state index >= 15 is 0 Å². The highest BCUT2D eigenvalue weighted by Gasteiger charge is 2.21. The highest BCUT2D eigenvalue weighted by Crippen LogP contribution is 2.28. The molecule has 0 saturated carbocycles. The maximum atomic E-state index is 4.54. The van der Waals surface area contributed by atoms with E-state index in [1.807, 2.05) is 11.8 Å². The maximum Gasteiger partial charge on any atom is 0.137 e. The Morgan fingerprint density at radius 2 is 2.26 bits per heavy atom. The Kier molecular flexibility index (Phi) is 5.31. The third-order valence-corrected chi connectivity index (χ3v) is 4.50. The summed E-state index contributed by atoms with van der Waals surface area (Å²) in [6.45, 7) is 9.79. The number of hydrogen-bond donors (Lipinski definition) is 1. The number of rotatable bonds is 5. The molecule has 0 aliphatic carbocycles. The first kappa shape index (κ1) is 14.4. The van der Waals surface area contributed by atoms with Crippen LogP contribution in [0.3, 0.4) is 0 Å². The molecule has 106 valence electrons. The number of nitrogens with one attached hydrogen (secondary N) is 1. The van der Waals surface area contributed by atoms with E-state index in [9.17, 15) is 0 Å². The molecular weight excluding hydrogens is 256 g/mol. The van der Waals surface area contributed by atoms with Crippen molar-refractivity contribution in [2.75, 3.05) is 35.6 Å². The average Bonchev–Trinajstić information content (AvgIpc) is 2.44. The Hall–Kier alpha value is -0.970. The fourth-order valence-electron chi connectivity index (χ4n) is 2.41. The van der Waals surface area contributed by atoms with Crippen LogP contribution in [0.5, 0.6) is 0 Å². The number of aromatic nitrogens is 2. The SMILES string of the molecule is CCCNc1ncnc(N2CCSC(C)C2)c1CC. The smallest absolute Gasteiger partial charge is 0.137 e. The molecule has 4 nitrogen and oxygen atoms in total. The molecule has 1 saturated heterocycles. The van der Waals surface area contributed by atoms with E-state index in [1.54, 1.807) is 6.33 Å². The molecule has 2 rings (SSSR count). The first-order valence-corrected chi connectivity index (χ1v) is 8.25. The second-order valence-corrected chi connectivity index (χ2v) is 6.48. The summed E-state index contributed by atoms with van der Waals surface area (Å²) in [5, 5.41) is 4.10. The Balaban J connectivity index is 2.23. The van der Waals surface area contributed by atoms with Gasteiger partial charge < -0.3 is 10.2 Å². The van der Waals surface area contributed by atoms with Gasteiger partial charge in [-0.25, -0.2) is 9.97 Å². The van der Waals surface area contributed by atoms with Crippen molar-refractivity contribution in [1.82, 2.24) is 9.97 Å². The zero-order chi connectivity index (χ0) is 13.7. The molecule has 0 spiro atoms. The van der Waals surface area contributed by atoms with Crippen LogP contribution in [0.15, 0.2) is 6.33 Å². The highest BCUT2D eigenvalue weighted by atomic mass is 32.2. The minimum Gasteiger partial charge on any atom is -0.370 e. The van der Waals surface area contributed by atoms with Crippen molar-refractivity contribution in [3.63, 3.8) is 0 Å². The summed E-state index contributed by atoms with van der Waals surface area (Å²) < 4.78 is 0. The van der Waals surface area contributed by atoms with Crippen LogP contribution >= 0.6 is 11.8 Å². The Morgan fingerprint density at radius 3 is 2.95 bits per heavy atom. The van der Waals surface area contributed by atoms with Gasteiger partial charge >= 0.3 is 0 Å². The lowest BCUT2D eigenvalue weighted by Gasteiger charge is -2.33. The molecule has 1 aromatic rings. The minimum absolute atomic E-state index is 0.681. The minimum atomic E-state index is 0.681. The highest BCUT2D eigenvalue weighted by molar-refractivity contribution is 8.00. The summed E-state index contributed by atoms with van der Waals surface area (Å²) >= 11 is 2.05. The van der Waals surface area contributed by atoms with Crippen molar-refractivity contribution in [1.29, 1.82) is 0 Å². The molecule has 1 atom stereocenters. The normalized spacial score (nSPS) is 19.5. The van der Waals surface area contributed by atoms with Gasteiger partial charge in [-0.05, 0) is 12.8 Å². The molecule has 1 fully saturated rings. The zero-order valence-corrected chi connectivity index (χ0v) is 13.0. The second kappa shape index (κ2) is 6.98. The van der Waals surface area contributed by atoms with Gasteiger partial charge in [-0.2, -0.15) is 11.8 Å². The predicted molar refractivity (Wildman–Crippen MR) is 84.3 cm³/mol. The average molecular weight is 280 g/mol. The van der Waals surface area contributed by atoms with Crippen LogP contribution in [0, 0.1) is 0 Å². The van der Waals surface area contributed by atoms with Crippen LogP contribution in [0.25, 0.3) is 0 Å². The lowest BCUT2D eigenvalue weighted by atomic mass is 10.2. The number of anilines is 2. The summed E-state index contributed by atoms with van der Waals surface area (Å²) in [6.07, 6.45) is 3.78. The quantitative estimate of drug-likeness (QED) is 0.898. The Bertz CT molecular complexity index is 410. The van der Waals surface area contributed by atoms with Crippen LogP contribution in [-0.4, -0.2) is 40.6 Å². The van der Waals surface area contributed by atoms with Gasteiger partial charge in [0.2, 0.25) is 0 Å². The maximum absolute atomic E-state index is 4.54. The first-order chi connectivity index (χ1) is 9.26. The van der Waals surface area contributed by atoms with E-state index in [4.69, 9.17) is 0 Å². The summed E-state index contributed by atoms with van der Waals surface area (Å²) in [5.41, 5.74) is 1.26. The molecule has 19 heavy (non-hydrogen) atoms. The van der Waals surface area contributed by atoms with Gasteiger partial charge in [0, 0.05) is 36.2 Å². The van der Waals surface area contributed by atoms with E-state index in [0.717, 1.165) is 44.1 Å². The number of hydrogen-bond acceptors (Lipinski definition) is 5. The monoisotopic (exact) mass is 280 g/mol. The zero-order valence-electron chi connectivity index (χ0n) is 12.1. The topological polar surface area (TPSA) is 41.1 Å². The van der Waals surface area contributed by atoms with Crippen molar-refractivity contribution in [2.45, 2.75) is 38.9 Å². The van der Waals surface area contributed by atoms with Crippen LogP contribution in [0.4, 0.5) is 11.6 Å². The number of thioether (sulfide) groups is 1. The van der Waals surface area contributed by atoms with Gasteiger partial charge in [-0.1, -0.05) is 20.8 Å². The van der Waals surface area contributed by atoms with E-state index in [2.05, 4.69) is 41.0 Å². The van der Waals surface area contributed by atoms with Gasteiger partial charge in [0.05, 0.1) is 0 Å². The van der Waals surface area contributed by atoms with Gasteiger partial charge in [0.15, 0.2) is 0 Å². The molecule has 1 unspecified atom stereocenters. The summed E-state index contributed by atoms with van der Waals surface area (Å²) in [7, 11) is 0. The molecule has 0 aromatic carbocycles. The van der Waals surface area contributed by atoms with Crippen molar-refractivity contribution < 1.29 is 0 Å². The fourth-order valence-corrected chi connectivity index (χ4v) is 3.42. The molecule has 1 aliphatic heterocycles. The van der Waals surface area contributed by atoms with Crippen molar-refractivity contribution >= 4 is 23.4 Å². The van der Waals surface area contributed by atoms with E-state index < -0.39 is 0 Å². The number of nitrogens with zero attached hydrogens (tertiary/aromatic N) is 3. The molecule has 1 aromatic heterocycles. The van der Waals surface area contributed by atoms with Crippen molar-refractivity contribution in [3.05, 3.63) is 11.9 Å². The Labute approximate surface area is 120 Å². The van der Waals surface area contributed by atoms with Crippen LogP contribution in [0.2, 0.25) is 0 Å². The Morgan fingerprint density at radius 1 is 1.42 bits per heavy atom. The van der Waals surface area contributed by atoms with Crippen LogP contribution in [-0.2, 0) is 6.42 Å². The van der Waals surface area contributed by atoms with Gasteiger partial charge in [0.25, 0.3) is 0 Å². The third kappa shape index (κ3) is 3.53. The second-order valence-electron chi connectivity index (χ2n) is 4.93. The summed E-state index contributed by atoms with van der Waals surface area (Å²) in [4.78, 5) is 11.4. The molecule has 2 heterocycles. The van der Waals surface area contributed by atoms with Crippen molar-refractivity contribution in [3.8, 4) is 0 Å². The molecule has 5 heteroatoms. The largest absolute Gasteiger partial charge is 0.370 e. The van der Waals surface area contributed by atoms with Gasteiger partial charge in [-0.3, -0.25) is 0 Å². The predicted octanol–water partition coefficient (Wildman–Crippen LogP) is 2.80. The molecule has 0 bridgehead atoms. The van der Waals surface area contributed by atoms with Gasteiger partial charge in [0.1, 0.15) is 18.0 Å².